The number of nitrogens with zero attached hydrogens (tertiary/aromatic N) is 4. The summed E-state index contributed by atoms with van der Waals surface area (Å²) in [5.74, 6) is 1.34. The highest BCUT2D eigenvalue weighted by Gasteiger charge is 2.08. The molecule has 0 aliphatic carbocycles. The van der Waals surface area contributed by atoms with Crippen LogP contribution in [-0.2, 0) is 9.73 Å². The van der Waals surface area contributed by atoms with Crippen LogP contribution in [0.3, 0.4) is 0 Å². The van der Waals surface area contributed by atoms with Crippen molar-refractivity contribution in [2.75, 3.05) is 11.5 Å². The molecule has 0 radical (unpaired) electrons. The van der Waals surface area contributed by atoms with E-state index in [1.165, 1.54) is 17.3 Å². The number of aromatic nitrogens is 3. The average molecular weight is 244 g/mol. The van der Waals surface area contributed by atoms with Crippen LogP contribution in [0, 0.1) is 0 Å². The fraction of sp³-hybridized carbons (Fsp3) is 0.800. The van der Waals surface area contributed by atoms with Gasteiger partial charge < -0.3 is 0 Å². The molecule has 92 valence electrons. The molecular weight excluding hydrogens is 224 g/mol. The minimum atomic E-state index is -2.13. The third-order valence-corrected chi connectivity index (χ3v) is 4.62. The number of hydrogen-bond acceptors (Lipinski definition) is 4. The van der Waals surface area contributed by atoms with Crippen LogP contribution >= 0.6 is 0 Å². The molecule has 0 amide bonds. The van der Waals surface area contributed by atoms with Gasteiger partial charge in [-0.3, -0.25) is 0 Å². The van der Waals surface area contributed by atoms with Gasteiger partial charge >= 0.3 is 0 Å². The van der Waals surface area contributed by atoms with Crippen molar-refractivity contribution in [3.63, 3.8) is 0 Å². The largest absolute Gasteiger partial charge is 0.248 e. The van der Waals surface area contributed by atoms with Crippen LogP contribution in [0.5, 0.6) is 0 Å². The van der Waals surface area contributed by atoms with Gasteiger partial charge in [-0.15, -0.1) is 14.7 Å². The maximum atomic E-state index is 12.5. The first-order valence-electron chi connectivity index (χ1n) is 5.77. The molecular formula is C10H20N4OS. The van der Waals surface area contributed by atoms with Crippen molar-refractivity contribution < 1.29 is 4.21 Å². The van der Waals surface area contributed by atoms with Crippen LogP contribution in [0.1, 0.15) is 39.5 Å². The van der Waals surface area contributed by atoms with E-state index < -0.39 is 9.73 Å². The molecule has 0 atom stereocenters. The van der Waals surface area contributed by atoms with E-state index in [4.69, 9.17) is 0 Å². The van der Waals surface area contributed by atoms with Gasteiger partial charge in [-0.25, -0.2) is 4.21 Å². The van der Waals surface area contributed by atoms with Gasteiger partial charge in [-0.2, -0.15) is 4.68 Å². The molecule has 0 saturated carbocycles. The van der Waals surface area contributed by atoms with Crippen molar-refractivity contribution >= 4 is 9.73 Å². The Morgan fingerprint density at radius 2 is 1.62 bits per heavy atom. The van der Waals surface area contributed by atoms with Crippen LogP contribution < -0.4 is 0 Å². The minimum Gasteiger partial charge on any atom is -0.248 e. The highest BCUT2D eigenvalue weighted by molar-refractivity contribution is 7.93. The van der Waals surface area contributed by atoms with E-state index >= 15 is 0 Å². The lowest BCUT2D eigenvalue weighted by atomic mass is 10.4. The van der Waals surface area contributed by atoms with E-state index in [0.29, 0.717) is 11.5 Å². The highest BCUT2D eigenvalue weighted by Crippen LogP contribution is 2.06. The summed E-state index contributed by atoms with van der Waals surface area (Å²) >= 11 is 0. The van der Waals surface area contributed by atoms with E-state index in [2.05, 4.69) is 28.5 Å². The zero-order valence-corrected chi connectivity index (χ0v) is 10.8. The summed E-state index contributed by atoms with van der Waals surface area (Å²) in [5, 5.41) is 7.32. The molecule has 0 aliphatic rings. The fourth-order valence-electron chi connectivity index (χ4n) is 1.33. The summed E-state index contributed by atoms with van der Waals surface area (Å²) in [6.45, 7) is 4.19. The Labute approximate surface area is 97.4 Å². The summed E-state index contributed by atoms with van der Waals surface area (Å²) in [4.78, 5) is 0. The first kappa shape index (κ1) is 13.2. The number of hydrogen-bond donors (Lipinski definition) is 0. The molecule has 1 aromatic rings. The first-order valence-corrected chi connectivity index (χ1v) is 7.63. The van der Waals surface area contributed by atoms with Gasteiger partial charge in [0, 0.05) is 11.5 Å². The van der Waals surface area contributed by atoms with Gasteiger partial charge in [-0.1, -0.05) is 26.7 Å². The maximum absolute atomic E-state index is 12.5. The maximum Gasteiger partial charge on any atom is 0.142 e. The molecule has 1 heterocycles. The van der Waals surface area contributed by atoms with Crippen LogP contribution in [0.2, 0.25) is 0 Å². The zero-order valence-electron chi connectivity index (χ0n) is 10.0. The van der Waals surface area contributed by atoms with Crippen molar-refractivity contribution in [3.8, 4) is 0 Å². The highest BCUT2D eigenvalue weighted by atomic mass is 32.2. The van der Waals surface area contributed by atoms with E-state index in [1.54, 1.807) is 0 Å². The predicted molar refractivity (Wildman–Crippen MR) is 65.5 cm³/mol. The molecule has 0 fully saturated rings. The SMILES string of the molecule is CCCCS(=O)(CCCC)=Nn1cnnc1. The Balaban J connectivity index is 2.81. The molecule has 0 N–H and O–H groups in total. The third-order valence-electron chi connectivity index (χ3n) is 2.28. The fourth-order valence-corrected chi connectivity index (χ4v) is 3.61. The summed E-state index contributed by atoms with van der Waals surface area (Å²) in [7, 11) is -2.13. The zero-order chi connectivity index (χ0) is 11.9. The summed E-state index contributed by atoms with van der Waals surface area (Å²) in [6, 6.07) is 0. The molecule has 0 aliphatic heterocycles. The first-order chi connectivity index (χ1) is 7.70. The number of unbranched alkanes of at least 4 members (excludes halogenated alkanes) is 2. The normalized spacial score (nSPS) is 11.6. The molecule has 5 nitrogen and oxygen atoms in total. The lowest BCUT2D eigenvalue weighted by Crippen LogP contribution is -2.12. The Morgan fingerprint density at radius 1 is 1.12 bits per heavy atom. The summed E-state index contributed by atoms with van der Waals surface area (Å²) < 4.78 is 18.2. The van der Waals surface area contributed by atoms with Crippen molar-refractivity contribution in [2.45, 2.75) is 39.5 Å². The second-order valence-corrected chi connectivity index (χ2v) is 6.34. The van der Waals surface area contributed by atoms with E-state index in [1.807, 2.05) is 0 Å². The van der Waals surface area contributed by atoms with Crippen molar-refractivity contribution in [1.82, 2.24) is 14.9 Å². The van der Waals surface area contributed by atoms with Crippen LogP contribution in [-0.4, -0.2) is 30.6 Å². The van der Waals surface area contributed by atoms with Gasteiger partial charge in [-0.05, 0) is 12.8 Å². The van der Waals surface area contributed by atoms with E-state index in [9.17, 15) is 4.21 Å². The van der Waals surface area contributed by atoms with Gasteiger partial charge in [0.15, 0.2) is 0 Å². The lowest BCUT2D eigenvalue weighted by Gasteiger charge is -2.08. The van der Waals surface area contributed by atoms with Gasteiger partial charge in [0.25, 0.3) is 0 Å². The lowest BCUT2D eigenvalue weighted by molar-refractivity contribution is 0.662. The molecule has 16 heavy (non-hydrogen) atoms. The molecule has 0 spiro atoms. The van der Waals surface area contributed by atoms with Gasteiger partial charge in [0.1, 0.15) is 12.7 Å². The average Bonchev–Trinajstić information content (AvgIpc) is 2.76. The van der Waals surface area contributed by atoms with Crippen molar-refractivity contribution in [3.05, 3.63) is 12.7 Å². The predicted octanol–water partition coefficient (Wildman–Crippen LogP) is 2.11. The third kappa shape index (κ3) is 4.30. The minimum absolute atomic E-state index is 0.668. The van der Waals surface area contributed by atoms with Crippen LogP contribution in [0.15, 0.2) is 17.1 Å². The van der Waals surface area contributed by atoms with Gasteiger partial charge in [0.05, 0.1) is 9.73 Å². The molecule has 0 aromatic carbocycles. The molecule has 1 rings (SSSR count). The van der Waals surface area contributed by atoms with Crippen LogP contribution in [0.4, 0.5) is 0 Å². The van der Waals surface area contributed by atoms with E-state index in [-0.39, 0.29) is 0 Å². The molecule has 6 heteroatoms. The Morgan fingerprint density at radius 3 is 2.06 bits per heavy atom. The quantitative estimate of drug-likeness (QED) is 0.738. The molecule has 0 saturated heterocycles. The molecule has 1 aromatic heterocycles. The topological polar surface area (TPSA) is 60.1 Å². The Kier molecular flexibility index (Phi) is 5.45. The Bertz CT molecular complexity index is 379. The van der Waals surface area contributed by atoms with Crippen molar-refractivity contribution in [2.24, 2.45) is 4.47 Å². The van der Waals surface area contributed by atoms with E-state index in [0.717, 1.165) is 25.7 Å². The standard InChI is InChI=1S/C10H20N4OS/c1-3-5-7-16(15,8-6-4-2)13-14-9-11-12-10-14/h9-10H,3-8H2,1-2H3. The Hall–Kier alpha value is -0.910. The summed E-state index contributed by atoms with van der Waals surface area (Å²) in [5.41, 5.74) is 0. The second kappa shape index (κ2) is 6.62. The number of rotatable bonds is 7. The monoisotopic (exact) mass is 244 g/mol. The second-order valence-electron chi connectivity index (χ2n) is 3.81. The van der Waals surface area contributed by atoms with Crippen LogP contribution in [0.25, 0.3) is 0 Å². The smallest absolute Gasteiger partial charge is 0.142 e. The summed E-state index contributed by atoms with van der Waals surface area (Å²) in [6.07, 6.45) is 6.96. The molecule has 0 unspecified atom stereocenters. The van der Waals surface area contributed by atoms with Crippen molar-refractivity contribution in [1.29, 1.82) is 0 Å². The van der Waals surface area contributed by atoms with Gasteiger partial charge in [0.2, 0.25) is 0 Å². The molecule has 0 bridgehead atoms.